The van der Waals surface area contributed by atoms with E-state index in [0.717, 1.165) is 31.5 Å². The van der Waals surface area contributed by atoms with Gasteiger partial charge in [-0.25, -0.2) is 4.99 Å². The highest BCUT2D eigenvalue weighted by Crippen LogP contribution is 2.37. The zero-order valence-electron chi connectivity index (χ0n) is 18.3. The Balaban J connectivity index is 1.51. The number of alkyl halides is 3. The molecule has 1 aromatic rings. The van der Waals surface area contributed by atoms with E-state index in [1.54, 1.807) is 0 Å². The smallest absolute Gasteiger partial charge is 0.391 e. The first kappa shape index (κ1) is 23.7. The second-order valence-electron chi connectivity index (χ2n) is 8.71. The fourth-order valence-corrected chi connectivity index (χ4v) is 4.43. The minimum absolute atomic E-state index is 0.0284. The van der Waals surface area contributed by atoms with Crippen LogP contribution >= 0.6 is 0 Å². The molecule has 31 heavy (non-hydrogen) atoms. The zero-order chi connectivity index (χ0) is 22.3. The molecule has 0 bridgehead atoms. The van der Waals surface area contributed by atoms with Crippen LogP contribution in [-0.2, 0) is 6.54 Å². The molecule has 0 unspecified atom stereocenters. The van der Waals surface area contributed by atoms with E-state index >= 15 is 0 Å². The Morgan fingerprint density at radius 1 is 1.06 bits per heavy atom. The monoisotopic (exact) mass is 440 g/mol. The van der Waals surface area contributed by atoms with Crippen LogP contribution in [0.2, 0.25) is 0 Å². The van der Waals surface area contributed by atoms with E-state index < -0.39 is 12.1 Å². The van der Waals surface area contributed by atoms with Crippen molar-refractivity contribution in [2.75, 3.05) is 31.1 Å². The Kier molecular flexibility index (Phi) is 8.46. The molecule has 3 rings (SSSR count). The topological polar surface area (TPSA) is 59.9 Å². The number of nitrogens with zero attached hydrogens (tertiary/aromatic N) is 2. The molecule has 1 aliphatic carbocycles. The molecule has 2 fully saturated rings. The molecule has 8 heteroatoms. The molecule has 2 aliphatic rings. The van der Waals surface area contributed by atoms with Gasteiger partial charge in [0.2, 0.25) is 0 Å². The van der Waals surface area contributed by atoms with Gasteiger partial charge in [0, 0.05) is 38.0 Å². The lowest BCUT2D eigenvalue weighted by atomic mass is 9.85. The van der Waals surface area contributed by atoms with Gasteiger partial charge < -0.3 is 20.6 Å². The Morgan fingerprint density at radius 2 is 1.71 bits per heavy atom. The summed E-state index contributed by atoms with van der Waals surface area (Å²) in [4.78, 5) is 6.99. The van der Waals surface area contributed by atoms with E-state index in [9.17, 15) is 18.3 Å². The summed E-state index contributed by atoms with van der Waals surface area (Å²) in [6.07, 6.45) is -0.664. The van der Waals surface area contributed by atoms with Gasteiger partial charge in [-0.05, 0) is 69.1 Å². The number of piperidine rings is 1. The molecule has 1 aromatic carbocycles. The molecular formula is C23H35F3N4O. The van der Waals surface area contributed by atoms with Crippen LogP contribution in [0.25, 0.3) is 0 Å². The molecule has 174 valence electrons. The molecule has 0 spiro atoms. The Hall–Kier alpha value is -1.96. The van der Waals surface area contributed by atoms with Gasteiger partial charge in [0.05, 0.1) is 12.5 Å². The molecule has 1 aliphatic heterocycles. The van der Waals surface area contributed by atoms with Gasteiger partial charge in [0.25, 0.3) is 0 Å². The molecule has 1 saturated heterocycles. The molecule has 0 atom stereocenters. The van der Waals surface area contributed by atoms with Gasteiger partial charge >= 0.3 is 6.18 Å². The first-order valence-electron chi connectivity index (χ1n) is 11.4. The molecule has 0 radical (unpaired) electrons. The second kappa shape index (κ2) is 11.1. The van der Waals surface area contributed by atoms with Crippen molar-refractivity contribution in [2.45, 2.75) is 64.2 Å². The normalized spacial score (nSPS) is 23.6. The van der Waals surface area contributed by atoms with Gasteiger partial charge in [-0.1, -0.05) is 12.1 Å². The standard InChI is InChI=1S/C23H35F3N4O/c1-2-27-22(29-20-7-5-19(6-8-20)23(24,25)26)28-15-17-3-9-21(10-4-17)30-13-11-18(16-31)12-14-30/h3-4,9-10,18-20,31H,2,5-8,11-16H2,1H3,(H2,27,28,29). The van der Waals surface area contributed by atoms with Gasteiger partial charge in [-0.3, -0.25) is 0 Å². The maximum Gasteiger partial charge on any atom is 0.391 e. The molecule has 0 amide bonds. The van der Waals surface area contributed by atoms with Gasteiger partial charge in [0.1, 0.15) is 0 Å². The van der Waals surface area contributed by atoms with Gasteiger partial charge in [0.15, 0.2) is 5.96 Å². The van der Waals surface area contributed by atoms with Crippen molar-refractivity contribution in [3.8, 4) is 0 Å². The predicted molar refractivity (Wildman–Crippen MR) is 118 cm³/mol. The first-order valence-corrected chi connectivity index (χ1v) is 11.4. The number of nitrogens with one attached hydrogen (secondary N) is 2. The Labute approximate surface area is 183 Å². The van der Waals surface area contributed by atoms with E-state index in [-0.39, 0.29) is 25.5 Å². The van der Waals surface area contributed by atoms with Crippen LogP contribution < -0.4 is 15.5 Å². The molecule has 0 aromatic heterocycles. The fraction of sp³-hybridized carbons (Fsp3) is 0.696. The third-order valence-corrected chi connectivity index (χ3v) is 6.47. The lowest BCUT2D eigenvalue weighted by molar-refractivity contribution is -0.182. The SMILES string of the molecule is CCNC(=NCc1ccc(N2CCC(CO)CC2)cc1)NC1CCC(C(F)(F)F)CC1. The number of anilines is 1. The summed E-state index contributed by atoms with van der Waals surface area (Å²) in [6, 6.07) is 8.41. The summed E-state index contributed by atoms with van der Waals surface area (Å²) < 4.78 is 38.6. The lowest BCUT2D eigenvalue weighted by Gasteiger charge is -2.33. The fourth-order valence-electron chi connectivity index (χ4n) is 4.43. The van der Waals surface area contributed by atoms with Crippen LogP contribution in [0.3, 0.4) is 0 Å². The van der Waals surface area contributed by atoms with Crippen LogP contribution in [0, 0.1) is 11.8 Å². The second-order valence-corrected chi connectivity index (χ2v) is 8.71. The predicted octanol–water partition coefficient (Wildman–Crippen LogP) is 4.07. The van der Waals surface area contributed by atoms with Crippen molar-refractivity contribution in [3.63, 3.8) is 0 Å². The van der Waals surface area contributed by atoms with Crippen LogP contribution in [0.1, 0.15) is 51.0 Å². The maximum absolute atomic E-state index is 12.9. The van der Waals surface area contributed by atoms with Crippen LogP contribution in [0.4, 0.5) is 18.9 Å². The maximum atomic E-state index is 12.9. The summed E-state index contributed by atoms with van der Waals surface area (Å²) in [5, 5.41) is 15.8. The van der Waals surface area contributed by atoms with E-state index in [4.69, 9.17) is 0 Å². The quantitative estimate of drug-likeness (QED) is 0.461. The van der Waals surface area contributed by atoms with Crippen LogP contribution in [0.5, 0.6) is 0 Å². The number of hydrogen-bond donors (Lipinski definition) is 3. The van der Waals surface area contributed by atoms with E-state index in [0.29, 0.717) is 37.8 Å². The number of guanidine groups is 1. The third-order valence-electron chi connectivity index (χ3n) is 6.47. The number of benzene rings is 1. The summed E-state index contributed by atoms with van der Waals surface area (Å²) in [6.45, 7) is 5.40. The van der Waals surface area contributed by atoms with Crippen molar-refractivity contribution < 1.29 is 18.3 Å². The third kappa shape index (κ3) is 7.02. The minimum Gasteiger partial charge on any atom is -0.396 e. The highest BCUT2D eigenvalue weighted by atomic mass is 19.4. The van der Waals surface area contributed by atoms with Crippen LogP contribution in [-0.4, -0.2) is 49.5 Å². The van der Waals surface area contributed by atoms with Crippen molar-refractivity contribution >= 4 is 11.6 Å². The number of aliphatic hydroxyl groups excluding tert-OH is 1. The highest BCUT2D eigenvalue weighted by molar-refractivity contribution is 5.80. The first-order chi connectivity index (χ1) is 14.9. The van der Waals surface area contributed by atoms with Crippen molar-refractivity contribution in [1.29, 1.82) is 0 Å². The largest absolute Gasteiger partial charge is 0.396 e. The van der Waals surface area contributed by atoms with E-state index in [2.05, 4.69) is 44.8 Å². The van der Waals surface area contributed by atoms with Gasteiger partial charge in [-0.2, -0.15) is 13.2 Å². The lowest BCUT2D eigenvalue weighted by Crippen LogP contribution is -2.45. The Morgan fingerprint density at radius 3 is 2.26 bits per heavy atom. The summed E-state index contributed by atoms with van der Waals surface area (Å²) in [5.74, 6) is -0.0866. The molecule has 1 heterocycles. The minimum atomic E-state index is -4.08. The summed E-state index contributed by atoms with van der Waals surface area (Å²) in [5.41, 5.74) is 2.28. The average Bonchev–Trinajstić information content (AvgIpc) is 2.78. The number of halogens is 3. The van der Waals surface area contributed by atoms with Crippen molar-refractivity contribution in [1.82, 2.24) is 10.6 Å². The van der Waals surface area contributed by atoms with E-state index in [1.807, 2.05) is 6.92 Å². The number of rotatable bonds is 6. The average molecular weight is 441 g/mol. The Bertz CT molecular complexity index is 692. The van der Waals surface area contributed by atoms with E-state index in [1.165, 1.54) is 5.69 Å². The summed E-state index contributed by atoms with van der Waals surface area (Å²) in [7, 11) is 0. The molecule has 1 saturated carbocycles. The highest BCUT2D eigenvalue weighted by Gasteiger charge is 2.41. The molecule has 3 N–H and O–H groups in total. The van der Waals surface area contributed by atoms with Crippen molar-refractivity contribution in [2.24, 2.45) is 16.8 Å². The van der Waals surface area contributed by atoms with Crippen LogP contribution in [0.15, 0.2) is 29.3 Å². The zero-order valence-corrected chi connectivity index (χ0v) is 18.3. The van der Waals surface area contributed by atoms with Gasteiger partial charge in [-0.15, -0.1) is 0 Å². The van der Waals surface area contributed by atoms with Crippen molar-refractivity contribution in [3.05, 3.63) is 29.8 Å². The number of aliphatic hydroxyl groups is 1. The summed E-state index contributed by atoms with van der Waals surface area (Å²) >= 11 is 0. The molecular weight excluding hydrogens is 405 g/mol. The number of aliphatic imine (C=N–C) groups is 1. The molecule has 5 nitrogen and oxygen atoms in total. The number of hydrogen-bond acceptors (Lipinski definition) is 3.